The highest BCUT2D eigenvalue weighted by atomic mass is 16.5. The van der Waals surface area contributed by atoms with Gasteiger partial charge in [0.1, 0.15) is 0 Å². The molecule has 0 saturated carbocycles. The molecule has 0 atom stereocenters. The lowest BCUT2D eigenvalue weighted by molar-refractivity contribution is 0.0754. The lowest BCUT2D eigenvalue weighted by atomic mass is 9.93. The van der Waals surface area contributed by atoms with Crippen LogP contribution in [0.3, 0.4) is 0 Å². The number of hydrogen-bond acceptors (Lipinski definition) is 4. The van der Waals surface area contributed by atoms with E-state index in [2.05, 4.69) is 16.8 Å². The molecule has 0 radical (unpaired) electrons. The molecule has 4 nitrogen and oxygen atoms in total. The standard InChI is InChI=1S/C11H17N3O/c1-11(12)7-14(8-11)6-9-4-3-5-13-10(9)15-2/h3-5H,6-8,12H2,1-2H3. The molecule has 2 N–H and O–H groups in total. The van der Waals surface area contributed by atoms with E-state index in [9.17, 15) is 0 Å². The first-order valence-electron chi connectivity index (χ1n) is 5.10. The van der Waals surface area contributed by atoms with Gasteiger partial charge in [-0.1, -0.05) is 6.07 Å². The summed E-state index contributed by atoms with van der Waals surface area (Å²) in [5, 5.41) is 0. The minimum Gasteiger partial charge on any atom is -0.481 e. The van der Waals surface area contributed by atoms with Gasteiger partial charge in [-0.2, -0.15) is 0 Å². The molecule has 1 aromatic heterocycles. The van der Waals surface area contributed by atoms with Crippen molar-refractivity contribution in [2.45, 2.75) is 19.0 Å². The van der Waals surface area contributed by atoms with Crippen LogP contribution in [0, 0.1) is 0 Å². The van der Waals surface area contributed by atoms with Crippen molar-refractivity contribution >= 4 is 0 Å². The first-order valence-corrected chi connectivity index (χ1v) is 5.10. The van der Waals surface area contributed by atoms with Crippen LogP contribution in [-0.2, 0) is 6.54 Å². The van der Waals surface area contributed by atoms with Crippen LogP contribution in [0.5, 0.6) is 5.88 Å². The minimum atomic E-state index is -0.0184. The third-order valence-corrected chi connectivity index (χ3v) is 2.61. The number of pyridine rings is 1. The van der Waals surface area contributed by atoms with Crippen LogP contribution in [0.4, 0.5) is 0 Å². The number of hydrogen-bond donors (Lipinski definition) is 1. The summed E-state index contributed by atoms with van der Waals surface area (Å²) >= 11 is 0. The summed E-state index contributed by atoms with van der Waals surface area (Å²) in [6, 6.07) is 3.97. The van der Waals surface area contributed by atoms with Gasteiger partial charge >= 0.3 is 0 Å². The van der Waals surface area contributed by atoms with Crippen LogP contribution < -0.4 is 10.5 Å². The van der Waals surface area contributed by atoms with Crippen molar-refractivity contribution in [3.63, 3.8) is 0 Å². The smallest absolute Gasteiger partial charge is 0.217 e. The van der Waals surface area contributed by atoms with Gasteiger partial charge in [-0.05, 0) is 13.0 Å². The van der Waals surface area contributed by atoms with E-state index in [1.54, 1.807) is 13.3 Å². The van der Waals surface area contributed by atoms with Gasteiger partial charge in [-0.3, -0.25) is 4.90 Å². The molecule has 0 unspecified atom stereocenters. The lowest BCUT2D eigenvalue weighted by Crippen LogP contribution is -2.64. The molecule has 2 rings (SSSR count). The van der Waals surface area contributed by atoms with Gasteiger partial charge in [0.05, 0.1) is 7.11 Å². The van der Waals surface area contributed by atoms with Crippen LogP contribution in [-0.4, -0.2) is 35.6 Å². The summed E-state index contributed by atoms with van der Waals surface area (Å²) in [5.74, 6) is 0.711. The van der Waals surface area contributed by atoms with Gasteiger partial charge in [-0.15, -0.1) is 0 Å². The van der Waals surface area contributed by atoms with E-state index in [1.165, 1.54) is 0 Å². The predicted molar refractivity (Wildman–Crippen MR) is 58.7 cm³/mol. The second-order valence-corrected chi connectivity index (χ2v) is 4.47. The zero-order valence-electron chi connectivity index (χ0n) is 9.23. The lowest BCUT2D eigenvalue weighted by Gasteiger charge is -2.45. The SMILES string of the molecule is COc1ncccc1CN1CC(C)(N)C1. The number of nitrogens with zero attached hydrogens (tertiary/aromatic N) is 2. The molecular weight excluding hydrogens is 190 g/mol. The van der Waals surface area contributed by atoms with Crippen LogP contribution in [0.15, 0.2) is 18.3 Å². The molecule has 0 bridgehead atoms. The Morgan fingerprint density at radius 3 is 2.93 bits per heavy atom. The summed E-state index contributed by atoms with van der Waals surface area (Å²) in [7, 11) is 1.65. The fourth-order valence-electron chi connectivity index (χ4n) is 2.06. The first-order chi connectivity index (χ1) is 7.11. The molecule has 82 valence electrons. The number of rotatable bonds is 3. The summed E-state index contributed by atoms with van der Waals surface area (Å²) in [6.45, 7) is 4.81. The average molecular weight is 207 g/mol. The zero-order valence-corrected chi connectivity index (χ0v) is 9.23. The highest BCUT2D eigenvalue weighted by Crippen LogP contribution is 2.23. The Balaban J connectivity index is 2.00. The van der Waals surface area contributed by atoms with Crippen molar-refractivity contribution in [1.29, 1.82) is 0 Å². The van der Waals surface area contributed by atoms with Crippen LogP contribution >= 0.6 is 0 Å². The van der Waals surface area contributed by atoms with Crippen molar-refractivity contribution < 1.29 is 4.74 Å². The predicted octanol–water partition coefficient (Wildman–Crippen LogP) is 0.623. The maximum absolute atomic E-state index is 5.95. The molecular formula is C11H17N3O. The third kappa shape index (κ3) is 2.27. The van der Waals surface area contributed by atoms with Crippen molar-refractivity contribution in [1.82, 2.24) is 9.88 Å². The highest BCUT2D eigenvalue weighted by molar-refractivity contribution is 5.25. The maximum Gasteiger partial charge on any atom is 0.217 e. The molecule has 1 aromatic rings. The van der Waals surface area contributed by atoms with E-state index >= 15 is 0 Å². The number of nitrogens with two attached hydrogens (primary N) is 1. The van der Waals surface area contributed by atoms with Crippen LogP contribution in [0.25, 0.3) is 0 Å². The van der Waals surface area contributed by atoms with Gasteiger partial charge in [0.15, 0.2) is 0 Å². The Kier molecular flexibility index (Phi) is 2.63. The van der Waals surface area contributed by atoms with Crippen molar-refractivity contribution in [3.05, 3.63) is 23.9 Å². The van der Waals surface area contributed by atoms with Crippen molar-refractivity contribution in [2.24, 2.45) is 5.73 Å². The third-order valence-electron chi connectivity index (χ3n) is 2.61. The first kappa shape index (κ1) is 10.4. The highest BCUT2D eigenvalue weighted by Gasteiger charge is 2.34. The second kappa shape index (κ2) is 3.79. The van der Waals surface area contributed by atoms with Gasteiger partial charge in [-0.25, -0.2) is 4.98 Å². The van der Waals surface area contributed by atoms with E-state index in [0.717, 1.165) is 25.2 Å². The average Bonchev–Trinajstić information content (AvgIpc) is 2.16. The summed E-state index contributed by atoms with van der Waals surface area (Å²) in [6.07, 6.45) is 1.74. The second-order valence-electron chi connectivity index (χ2n) is 4.47. The maximum atomic E-state index is 5.95. The van der Waals surface area contributed by atoms with Crippen molar-refractivity contribution in [2.75, 3.05) is 20.2 Å². The molecule has 0 aromatic carbocycles. The normalized spacial score (nSPS) is 19.7. The zero-order chi connectivity index (χ0) is 10.9. The Labute approximate surface area is 90.0 Å². The molecule has 1 fully saturated rings. The Hall–Kier alpha value is -1.13. The van der Waals surface area contributed by atoms with E-state index in [1.807, 2.05) is 12.1 Å². The minimum absolute atomic E-state index is 0.0184. The van der Waals surface area contributed by atoms with E-state index in [4.69, 9.17) is 10.5 Å². The van der Waals surface area contributed by atoms with E-state index < -0.39 is 0 Å². The van der Waals surface area contributed by atoms with Crippen LogP contribution in [0.1, 0.15) is 12.5 Å². The monoisotopic (exact) mass is 207 g/mol. The molecule has 0 spiro atoms. The molecule has 1 aliphatic heterocycles. The Morgan fingerprint density at radius 1 is 1.60 bits per heavy atom. The molecule has 1 saturated heterocycles. The Morgan fingerprint density at radius 2 is 2.33 bits per heavy atom. The van der Waals surface area contributed by atoms with E-state index in [-0.39, 0.29) is 5.54 Å². The number of likely N-dealkylation sites (tertiary alicyclic amines) is 1. The molecule has 4 heteroatoms. The summed E-state index contributed by atoms with van der Waals surface area (Å²) in [5.41, 5.74) is 7.05. The number of ether oxygens (including phenoxy) is 1. The van der Waals surface area contributed by atoms with Gasteiger partial charge in [0.25, 0.3) is 0 Å². The number of methoxy groups -OCH3 is 1. The van der Waals surface area contributed by atoms with Gasteiger partial charge < -0.3 is 10.5 Å². The van der Waals surface area contributed by atoms with Crippen molar-refractivity contribution in [3.8, 4) is 5.88 Å². The van der Waals surface area contributed by atoms with E-state index in [0.29, 0.717) is 5.88 Å². The van der Waals surface area contributed by atoms with Crippen LogP contribution in [0.2, 0.25) is 0 Å². The van der Waals surface area contributed by atoms with Gasteiger partial charge in [0, 0.05) is 36.9 Å². The quantitative estimate of drug-likeness (QED) is 0.789. The fourth-order valence-corrected chi connectivity index (χ4v) is 2.06. The molecule has 0 aliphatic carbocycles. The van der Waals surface area contributed by atoms with Gasteiger partial charge in [0.2, 0.25) is 5.88 Å². The summed E-state index contributed by atoms with van der Waals surface area (Å²) in [4.78, 5) is 6.46. The molecule has 2 heterocycles. The number of aromatic nitrogens is 1. The fraction of sp³-hybridized carbons (Fsp3) is 0.545. The molecule has 0 amide bonds. The topological polar surface area (TPSA) is 51.4 Å². The summed E-state index contributed by atoms with van der Waals surface area (Å²) < 4.78 is 5.20. The largest absolute Gasteiger partial charge is 0.481 e. The molecule has 1 aliphatic rings. The molecule has 15 heavy (non-hydrogen) atoms. The Bertz CT molecular complexity index is 343.